The molecule has 3 N–H and O–H groups in total. The molecule has 2 aromatic carbocycles. The maximum Gasteiger partial charge on any atom is 0.255 e. The van der Waals surface area contributed by atoms with E-state index in [4.69, 9.17) is 22.1 Å². The molecular formula is C15H15ClN2O2. The number of aryl methyl sites for hydroxylation is 1. The largest absolute Gasteiger partial charge is 0.497 e. The Morgan fingerprint density at radius 2 is 1.90 bits per heavy atom. The van der Waals surface area contributed by atoms with Crippen LogP contribution in [-0.4, -0.2) is 13.0 Å². The first-order chi connectivity index (χ1) is 9.51. The zero-order valence-electron chi connectivity index (χ0n) is 11.2. The Morgan fingerprint density at radius 3 is 2.50 bits per heavy atom. The Labute approximate surface area is 122 Å². The number of hydrogen-bond acceptors (Lipinski definition) is 3. The molecule has 2 aromatic rings. The summed E-state index contributed by atoms with van der Waals surface area (Å²) in [6.07, 6.45) is 0. The first kappa shape index (κ1) is 14.2. The number of halogens is 1. The summed E-state index contributed by atoms with van der Waals surface area (Å²) in [4.78, 5) is 12.1. The van der Waals surface area contributed by atoms with Gasteiger partial charge in [-0.15, -0.1) is 0 Å². The highest BCUT2D eigenvalue weighted by Crippen LogP contribution is 2.27. The lowest BCUT2D eigenvalue weighted by Crippen LogP contribution is -2.13. The van der Waals surface area contributed by atoms with Gasteiger partial charge in [0.05, 0.1) is 18.5 Å². The van der Waals surface area contributed by atoms with Crippen molar-refractivity contribution >= 4 is 28.9 Å². The van der Waals surface area contributed by atoms with Gasteiger partial charge < -0.3 is 15.8 Å². The van der Waals surface area contributed by atoms with Crippen molar-refractivity contribution in [3.63, 3.8) is 0 Å². The third-order valence-corrected chi connectivity index (χ3v) is 3.34. The molecule has 20 heavy (non-hydrogen) atoms. The topological polar surface area (TPSA) is 64.3 Å². The second-order valence-corrected chi connectivity index (χ2v) is 4.78. The third kappa shape index (κ3) is 3.03. The molecule has 0 fully saturated rings. The summed E-state index contributed by atoms with van der Waals surface area (Å²) in [5.74, 6) is 0.443. The molecule has 0 saturated heterocycles. The van der Waals surface area contributed by atoms with Gasteiger partial charge in [-0.25, -0.2) is 0 Å². The van der Waals surface area contributed by atoms with Gasteiger partial charge in [-0.1, -0.05) is 11.6 Å². The van der Waals surface area contributed by atoms with E-state index in [1.165, 1.54) is 0 Å². The molecule has 0 saturated carbocycles. The lowest BCUT2D eigenvalue weighted by molar-refractivity contribution is 0.102. The molecule has 0 unspecified atom stereocenters. The van der Waals surface area contributed by atoms with Crippen LogP contribution in [0.1, 0.15) is 15.9 Å². The zero-order chi connectivity index (χ0) is 14.7. The Hall–Kier alpha value is -2.20. The van der Waals surface area contributed by atoms with Crippen molar-refractivity contribution in [2.24, 2.45) is 0 Å². The highest BCUT2D eigenvalue weighted by Gasteiger charge is 2.10. The molecule has 104 valence electrons. The van der Waals surface area contributed by atoms with Crippen LogP contribution in [0.15, 0.2) is 36.4 Å². The molecule has 0 aliphatic heterocycles. The van der Waals surface area contributed by atoms with E-state index in [0.29, 0.717) is 27.7 Å². The number of rotatable bonds is 3. The van der Waals surface area contributed by atoms with Crippen LogP contribution >= 0.6 is 11.6 Å². The Kier molecular flexibility index (Phi) is 4.15. The van der Waals surface area contributed by atoms with Gasteiger partial charge in [-0.05, 0) is 48.9 Å². The van der Waals surface area contributed by atoms with Crippen molar-refractivity contribution in [2.45, 2.75) is 6.92 Å². The molecule has 0 radical (unpaired) electrons. The Morgan fingerprint density at radius 1 is 1.25 bits per heavy atom. The zero-order valence-corrected chi connectivity index (χ0v) is 12.0. The van der Waals surface area contributed by atoms with Gasteiger partial charge in [0.2, 0.25) is 0 Å². The SMILES string of the molecule is COc1ccc(C(=O)Nc2cc(Cl)c(C)cc2N)cc1. The van der Waals surface area contributed by atoms with E-state index < -0.39 is 0 Å². The van der Waals surface area contributed by atoms with Crippen LogP contribution < -0.4 is 15.8 Å². The van der Waals surface area contributed by atoms with Gasteiger partial charge in [-0.2, -0.15) is 0 Å². The van der Waals surface area contributed by atoms with Crippen LogP contribution in [0.4, 0.5) is 11.4 Å². The number of methoxy groups -OCH3 is 1. The van der Waals surface area contributed by atoms with Gasteiger partial charge >= 0.3 is 0 Å². The molecule has 0 aromatic heterocycles. The van der Waals surface area contributed by atoms with E-state index in [1.807, 2.05) is 6.92 Å². The first-order valence-corrected chi connectivity index (χ1v) is 6.40. The number of carbonyl (C=O) groups is 1. The number of nitrogens with one attached hydrogen (secondary N) is 1. The maximum atomic E-state index is 12.1. The van der Waals surface area contributed by atoms with Crippen LogP contribution in [0, 0.1) is 6.92 Å². The van der Waals surface area contributed by atoms with E-state index in [0.717, 1.165) is 5.56 Å². The lowest BCUT2D eigenvalue weighted by atomic mass is 10.1. The summed E-state index contributed by atoms with van der Waals surface area (Å²) in [5, 5.41) is 3.30. The maximum absolute atomic E-state index is 12.1. The number of amides is 1. The first-order valence-electron chi connectivity index (χ1n) is 6.02. The summed E-state index contributed by atoms with van der Waals surface area (Å²) in [6, 6.07) is 10.2. The fraction of sp³-hybridized carbons (Fsp3) is 0.133. The predicted molar refractivity (Wildman–Crippen MR) is 81.5 cm³/mol. The average molecular weight is 291 g/mol. The van der Waals surface area contributed by atoms with Crippen LogP contribution in [-0.2, 0) is 0 Å². The monoisotopic (exact) mass is 290 g/mol. The van der Waals surface area contributed by atoms with E-state index in [2.05, 4.69) is 5.32 Å². The molecule has 0 aliphatic rings. The van der Waals surface area contributed by atoms with Gasteiger partial charge in [0, 0.05) is 10.6 Å². The number of nitrogen functional groups attached to an aromatic ring is 1. The average Bonchev–Trinajstić information content (AvgIpc) is 2.44. The van der Waals surface area contributed by atoms with Crippen molar-refractivity contribution in [3.05, 3.63) is 52.5 Å². The highest BCUT2D eigenvalue weighted by molar-refractivity contribution is 6.32. The highest BCUT2D eigenvalue weighted by atomic mass is 35.5. The molecule has 0 atom stereocenters. The van der Waals surface area contributed by atoms with E-state index >= 15 is 0 Å². The lowest BCUT2D eigenvalue weighted by Gasteiger charge is -2.10. The third-order valence-electron chi connectivity index (χ3n) is 2.93. The number of hydrogen-bond donors (Lipinski definition) is 2. The number of benzene rings is 2. The van der Waals surface area contributed by atoms with Crippen molar-refractivity contribution < 1.29 is 9.53 Å². The summed E-state index contributed by atoms with van der Waals surface area (Å²) in [7, 11) is 1.57. The van der Waals surface area contributed by atoms with Gasteiger partial charge in [0.25, 0.3) is 5.91 Å². The van der Waals surface area contributed by atoms with Crippen LogP contribution in [0.5, 0.6) is 5.75 Å². The van der Waals surface area contributed by atoms with E-state index in [-0.39, 0.29) is 5.91 Å². The summed E-state index contributed by atoms with van der Waals surface area (Å²) in [6.45, 7) is 1.85. The van der Waals surface area contributed by atoms with Crippen molar-refractivity contribution in [1.82, 2.24) is 0 Å². The normalized spacial score (nSPS) is 10.2. The number of anilines is 2. The minimum atomic E-state index is -0.251. The van der Waals surface area contributed by atoms with Crippen molar-refractivity contribution in [1.29, 1.82) is 0 Å². The van der Waals surface area contributed by atoms with E-state index in [1.54, 1.807) is 43.5 Å². The standard InChI is InChI=1S/C15H15ClN2O2/c1-9-7-13(17)14(8-12(9)16)18-15(19)10-3-5-11(20-2)6-4-10/h3-8H,17H2,1-2H3,(H,18,19). The Balaban J connectivity index is 2.20. The van der Waals surface area contributed by atoms with Gasteiger partial charge in [-0.3, -0.25) is 4.79 Å². The fourth-order valence-corrected chi connectivity index (χ4v) is 1.91. The van der Waals surface area contributed by atoms with Gasteiger partial charge in [0.1, 0.15) is 5.75 Å². The quantitative estimate of drug-likeness (QED) is 0.851. The van der Waals surface area contributed by atoms with Crippen LogP contribution in [0.3, 0.4) is 0 Å². The molecule has 0 spiro atoms. The molecule has 0 heterocycles. The number of nitrogens with two attached hydrogens (primary N) is 1. The fourth-order valence-electron chi connectivity index (χ4n) is 1.75. The van der Waals surface area contributed by atoms with Crippen LogP contribution in [0.2, 0.25) is 5.02 Å². The summed E-state index contributed by atoms with van der Waals surface area (Å²) < 4.78 is 5.05. The minimum absolute atomic E-state index is 0.251. The molecule has 2 rings (SSSR count). The molecule has 4 nitrogen and oxygen atoms in total. The van der Waals surface area contributed by atoms with Crippen LogP contribution in [0.25, 0.3) is 0 Å². The van der Waals surface area contributed by atoms with E-state index in [9.17, 15) is 4.79 Å². The predicted octanol–water partition coefficient (Wildman–Crippen LogP) is 3.49. The molecule has 5 heteroatoms. The number of carbonyl (C=O) groups excluding carboxylic acids is 1. The van der Waals surface area contributed by atoms with Gasteiger partial charge in [0.15, 0.2) is 0 Å². The molecule has 0 aliphatic carbocycles. The number of ether oxygens (including phenoxy) is 1. The second kappa shape index (κ2) is 5.84. The molecular weight excluding hydrogens is 276 g/mol. The van der Waals surface area contributed by atoms with Crippen molar-refractivity contribution in [3.8, 4) is 5.75 Å². The van der Waals surface area contributed by atoms with Crippen molar-refractivity contribution in [2.75, 3.05) is 18.2 Å². The Bertz CT molecular complexity index is 639. The molecule has 0 bridgehead atoms. The smallest absolute Gasteiger partial charge is 0.255 e. The second-order valence-electron chi connectivity index (χ2n) is 4.37. The summed E-state index contributed by atoms with van der Waals surface area (Å²) in [5.41, 5.74) is 8.23. The summed E-state index contributed by atoms with van der Waals surface area (Å²) >= 11 is 6.03. The molecule has 1 amide bonds. The minimum Gasteiger partial charge on any atom is -0.497 e.